The first-order chi connectivity index (χ1) is 7.80. The predicted molar refractivity (Wildman–Crippen MR) is 74.2 cm³/mol. The molecule has 1 aromatic rings. The van der Waals surface area contributed by atoms with Crippen molar-refractivity contribution in [3.05, 3.63) is 22.3 Å². The lowest BCUT2D eigenvalue weighted by Gasteiger charge is -2.26. The van der Waals surface area contributed by atoms with Crippen molar-refractivity contribution in [1.82, 2.24) is 4.98 Å². The van der Waals surface area contributed by atoms with Gasteiger partial charge in [-0.3, -0.25) is 0 Å². The Morgan fingerprint density at radius 2 is 2.18 bits per heavy atom. The third kappa shape index (κ3) is 5.04. The lowest BCUT2D eigenvalue weighted by atomic mass is 9.93. The minimum Gasteiger partial charge on any atom is -0.476 e. The van der Waals surface area contributed by atoms with E-state index >= 15 is 0 Å². The largest absolute Gasteiger partial charge is 0.476 e. The number of halogens is 1. The Hall–Kier alpha value is -0.610. The van der Waals surface area contributed by atoms with E-state index in [-0.39, 0.29) is 5.54 Å². The van der Waals surface area contributed by atoms with Crippen LogP contribution >= 0.6 is 15.9 Å². The molecule has 1 atom stereocenters. The van der Waals surface area contributed by atoms with E-state index < -0.39 is 0 Å². The minimum atomic E-state index is -0.309. The monoisotopic (exact) mass is 300 g/mol. The zero-order valence-corrected chi connectivity index (χ0v) is 12.5. The number of ether oxygens (including phenoxy) is 1. The maximum atomic E-state index is 6.17. The molecule has 0 bridgehead atoms. The second-order valence-electron chi connectivity index (χ2n) is 5.31. The molecule has 0 spiro atoms. The zero-order valence-electron chi connectivity index (χ0n) is 11.0. The van der Waals surface area contributed by atoms with Gasteiger partial charge in [0, 0.05) is 22.3 Å². The zero-order chi connectivity index (χ0) is 13.1. The number of aromatic nitrogens is 1. The van der Waals surface area contributed by atoms with Gasteiger partial charge in [0.2, 0.25) is 5.88 Å². The second-order valence-corrected chi connectivity index (χ2v) is 6.17. The highest BCUT2D eigenvalue weighted by molar-refractivity contribution is 9.10. The lowest BCUT2D eigenvalue weighted by Crippen LogP contribution is -2.43. The van der Waals surface area contributed by atoms with Crippen molar-refractivity contribution >= 4 is 15.9 Å². The van der Waals surface area contributed by atoms with Crippen LogP contribution in [0.25, 0.3) is 0 Å². The first kappa shape index (κ1) is 14.5. The highest BCUT2D eigenvalue weighted by atomic mass is 79.9. The van der Waals surface area contributed by atoms with Crippen LogP contribution in [-0.4, -0.2) is 17.1 Å². The molecule has 2 N–H and O–H groups in total. The van der Waals surface area contributed by atoms with Gasteiger partial charge < -0.3 is 10.5 Å². The van der Waals surface area contributed by atoms with Crippen molar-refractivity contribution in [3.63, 3.8) is 0 Å². The molecule has 0 aliphatic rings. The summed E-state index contributed by atoms with van der Waals surface area (Å²) in [5, 5.41) is 0. The van der Waals surface area contributed by atoms with E-state index in [0.717, 1.165) is 16.5 Å². The summed E-state index contributed by atoms with van der Waals surface area (Å²) >= 11 is 3.41. The van der Waals surface area contributed by atoms with E-state index in [0.29, 0.717) is 18.4 Å². The first-order valence-corrected chi connectivity index (χ1v) is 6.63. The maximum absolute atomic E-state index is 6.17. The van der Waals surface area contributed by atoms with E-state index in [4.69, 9.17) is 10.5 Å². The van der Waals surface area contributed by atoms with Crippen molar-refractivity contribution in [2.24, 2.45) is 11.7 Å². The Kier molecular flexibility index (Phi) is 4.95. The van der Waals surface area contributed by atoms with Crippen LogP contribution in [0.1, 0.15) is 32.8 Å². The Labute approximate surface area is 112 Å². The molecule has 0 aliphatic carbocycles. The molecule has 3 nitrogen and oxygen atoms in total. The highest BCUT2D eigenvalue weighted by Gasteiger charge is 2.21. The standard InChI is InChI=1S/C13H21BrN2O/c1-9(2)6-13(4,15)8-17-12-5-10(3)11(14)7-16-12/h5,7,9H,6,8,15H2,1-4H3. The average molecular weight is 301 g/mol. The Balaban J connectivity index is 2.58. The third-order valence-corrected chi connectivity index (χ3v) is 3.28. The summed E-state index contributed by atoms with van der Waals surface area (Å²) in [7, 11) is 0. The van der Waals surface area contributed by atoms with Crippen molar-refractivity contribution in [3.8, 4) is 5.88 Å². The van der Waals surface area contributed by atoms with Gasteiger partial charge in [0.1, 0.15) is 6.61 Å². The van der Waals surface area contributed by atoms with E-state index in [1.807, 2.05) is 19.9 Å². The third-order valence-electron chi connectivity index (χ3n) is 2.45. The smallest absolute Gasteiger partial charge is 0.213 e. The summed E-state index contributed by atoms with van der Waals surface area (Å²) in [5.74, 6) is 1.19. The fraction of sp³-hybridized carbons (Fsp3) is 0.615. The molecule has 1 rings (SSSR count). The number of hydrogen-bond donors (Lipinski definition) is 1. The van der Waals surface area contributed by atoms with Gasteiger partial charge in [-0.25, -0.2) is 4.98 Å². The van der Waals surface area contributed by atoms with Gasteiger partial charge in [-0.1, -0.05) is 13.8 Å². The van der Waals surface area contributed by atoms with Gasteiger partial charge in [-0.15, -0.1) is 0 Å². The number of nitrogens with zero attached hydrogens (tertiary/aromatic N) is 1. The molecule has 0 fully saturated rings. The van der Waals surface area contributed by atoms with Crippen LogP contribution < -0.4 is 10.5 Å². The molecule has 1 aromatic heterocycles. The molecule has 96 valence electrons. The van der Waals surface area contributed by atoms with Gasteiger partial charge in [-0.05, 0) is 47.7 Å². The molecular weight excluding hydrogens is 280 g/mol. The molecule has 4 heteroatoms. The van der Waals surface area contributed by atoms with Crippen molar-refractivity contribution < 1.29 is 4.74 Å². The predicted octanol–water partition coefficient (Wildman–Crippen LogP) is 3.29. The highest BCUT2D eigenvalue weighted by Crippen LogP contribution is 2.20. The number of aryl methyl sites for hydroxylation is 1. The molecule has 1 unspecified atom stereocenters. The van der Waals surface area contributed by atoms with E-state index in [9.17, 15) is 0 Å². The van der Waals surface area contributed by atoms with Gasteiger partial charge in [0.15, 0.2) is 0 Å². The van der Waals surface area contributed by atoms with Gasteiger partial charge in [-0.2, -0.15) is 0 Å². The Bertz CT molecular complexity index is 378. The Morgan fingerprint density at radius 1 is 1.53 bits per heavy atom. The molecule has 0 saturated carbocycles. The number of hydrogen-bond acceptors (Lipinski definition) is 3. The molecule has 1 heterocycles. The summed E-state index contributed by atoms with van der Waals surface area (Å²) in [6.07, 6.45) is 2.68. The van der Waals surface area contributed by atoms with Crippen molar-refractivity contribution in [2.45, 2.75) is 39.7 Å². The van der Waals surface area contributed by atoms with Crippen molar-refractivity contribution in [1.29, 1.82) is 0 Å². The molecule has 0 aliphatic heterocycles. The summed E-state index contributed by atoms with van der Waals surface area (Å²) in [5.41, 5.74) is 6.97. The van der Waals surface area contributed by atoms with Crippen LogP contribution in [0.3, 0.4) is 0 Å². The topological polar surface area (TPSA) is 48.1 Å². The molecule has 0 amide bonds. The van der Waals surface area contributed by atoms with Crippen molar-refractivity contribution in [2.75, 3.05) is 6.61 Å². The second kappa shape index (κ2) is 5.83. The molecule has 0 radical (unpaired) electrons. The number of nitrogens with two attached hydrogens (primary N) is 1. The summed E-state index contributed by atoms with van der Waals surface area (Å²) in [6, 6.07) is 1.91. The lowest BCUT2D eigenvalue weighted by molar-refractivity contribution is 0.200. The van der Waals surface area contributed by atoms with Crippen LogP contribution in [0.4, 0.5) is 0 Å². The van der Waals surface area contributed by atoms with Gasteiger partial charge in [0.05, 0.1) is 0 Å². The molecule has 17 heavy (non-hydrogen) atoms. The van der Waals surface area contributed by atoms with Gasteiger partial charge >= 0.3 is 0 Å². The molecule has 0 saturated heterocycles. The molecule has 0 aromatic carbocycles. The quantitative estimate of drug-likeness (QED) is 0.908. The average Bonchev–Trinajstić information content (AvgIpc) is 2.18. The molecular formula is C13H21BrN2O. The maximum Gasteiger partial charge on any atom is 0.213 e. The van der Waals surface area contributed by atoms with E-state index in [2.05, 4.69) is 34.8 Å². The van der Waals surface area contributed by atoms with E-state index in [1.54, 1.807) is 6.20 Å². The fourth-order valence-corrected chi connectivity index (χ4v) is 2.04. The number of rotatable bonds is 5. The van der Waals surface area contributed by atoms with Crippen LogP contribution in [0.5, 0.6) is 5.88 Å². The van der Waals surface area contributed by atoms with Crippen LogP contribution in [0.2, 0.25) is 0 Å². The fourth-order valence-electron chi connectivity index (χ4n) is 1.82. The summed E-state index contributed by atoms with van der Waals surface area (Å²) in [4.78, 5) is 4.20. The van der Waals surface area contributed by atoms with E-state index in [1.165, 1.54) is 0 Å². The SMILES string of the molecule is Cc1cc(OCC(C)(N)CC(C)C)ncc1Br. The minimum absolute atomic E-state index is 0.309. The summed E-state index contributed by atoms with van der Waals surface area (Å²) < 4.78 is 6.64. The normalized spacial score (nSPS) is 14.8. The Morgan fingerprint density at radius 3 is 2.71 bits per heavy atom. The van der Waals surface area contributed by atoms with Crippen LogP contribution in [-0.2, 0) is 0 Å². The number of pyridine rings is 1. The summed E-state index contributed by atoms with van der Waals surface area (Å²) in [6.45, 7) is 8.83. The van der Waals surface area contributed by atoms with Crippen LogP contribution in [0, 0.1) is 12.8 Å². The first-order valence-electron chi connectivity index (χ1n) is 5.84. The van der Waals surface area contributed by atoms with Crippen LogP contribution in [0.15, 0.2) is 16.7 Å². The van der Waals surface area contributed by atoms with Gasteiger partial charge in [0.25, 0.3) is 0 Å².